The predicted octanol–water partition coefficient (Wildman–Crippen LogP) is 4.88. The van der Waals surface area contributed by atoms with Crippen molar-refractivity contribution in [3.05, 3.63) is 33.3 Å². The van der Waals surface area contributed by atoms with Crippen LogP contribution in [0.2, 0.25) is 5.02 Å². The molecule has 19 heavy (non-hydrogen) atoms. The zero-order valence-corrected chi connectivity index (χ0v) is 14.2. The van der Waals surface area contributed by atoms with Crippen LogP contribution in [-0.2, 0) is 0 Å². The van der Waals surface area contributed by atoms with Gasteiger partial charge in [0.05, 0.1) is 5.02 Å². The molecule has 0 heterocycles. The van der Waals surface area contributed by atoms with E-state index in [1.165, 1.54) is 0 Å². The van der Waals surface area contributed by atoms with Crippen LogP contribution in [0, 0.1) is 5.41 Å². The summed E-state index contributed by atoms with van der Waals surface area (Å²) in [6, 6.07) is 5.15. The number of carbonyl (C=O) groups excluding carboxylic acids is 1. The molecular weight excluding hydrogens is 349 g/mol. The number of rotatable bonds is 6. The van der Waals surface area contributed by atoms with Gasteiger partial charge >= 0.3 is 0 Å². The highest BCUT2D eigenvalue weighted by molar-refractivity contribution is 9.10. The Labute approximate surface area is 133 Å². The van der Waals surface area contributed by atoms with E-state index >= 15 is 0 Å². The normalized spacial score (nSPS) is 11.4. The molecule has 0 fully saturated rings. The lowest BCUT2D eigenvalue weighted by Gasteiger charge is -2.24. The molecule has 0 unspecified atom stereocenters. The fourth-order valence-corrected chi connectivity index (χ4v) is 2.32. The zero-order chi connectivity index (χ0) is 14.5. The number of hydrogen-bond donors (Lipinski definition) is 1. The molecule has 0 bridgehead atoms. The molecule has 0 saturated carbocycles. The molecule has 5 heteroatoms. The monoisotopic (exact) mass is 365 g/mol. The fourth-order valence-electron chi connectivity index (χ4n) is 1.69. The Balaban J connectivity index is 2.57. The lowest BCUT2D eigenvalue weighted by atomic mass is 9.88. The second-order valence-corrected chi connectivity index (χ2v) is 6.91. The predicted molar refractivity (Wildman–Crippen MR) is 85.2 cm³/mol. The summed E-state index contributed by atoms with van der Waals surface area (Å²) in [5.41, 5.74) is 0.651. The first kappa shape index (κ1) is 16.8. The Bertz CT molecular complexity index is 449. The van der Waals surface area contributed by atoms with E-state index in [-0.39, 0.29) is 11.3 Å². The van der Waals surface area contributed by atoms with Gasteiger partial charge in [-0.05, 0) is 52.4 Å². The zero-order valence-electron chi connectivity index (χ0n) is 11.1. The van der Waals surface area contributed by atoms with Crippen LogP contribution in [0.5, 0.6) is 0 Å². The Morgan fingerprint density at radius 2 is 2.11 bits per heavy atom. The van der Waals surface area contributed by atoms with E-state index in [1.807, 2.05) is 0 Å². The number of carbonyl (C=O) groups is 1. The van der Waals surface area contributed by atoms with Gasteiger partial charge in [0.2, 0.25) is 0 Å². The molecule has 0 aromatic heterocycles. The Morgan fingerprint density at radius 3 is 2.68 bits per heavy atom. The summed E-state index contributed by atoms with van der Waals surface area (Å²) in [6.45, 7) is 4.87. The number of nitrogens with one attached hydrogen (secondary N) is 1. The maximum absolute atomic E-state index is 12.0. The summed E-state index contributed by atoms with van der Waals surface area (Å²) in [5, 5.41) is 3.55. The lowest BCUT2D eigenvalue weighted by molar-refractivity contribution is 0.0934. The topological polar surface area (TPSA) is 29.1 Å². The summed E-state index contributed by atoms with van der Waals surface area (Å²) in [4.78, 5) is 12.0. The van der Waals surface area contributed by atoms with Crippen molar-refractivity contribution in [3.63, 3.8) is 0 Å². The second-order valence-electron chi connectivity index (χ2n) is 5.27. The third-order valence-electron chi connectivity index (χ3n) is 2.90. The highest BCUT2D eigenvalue weighted by Gasteiger charge is 2.18. The average molecular weight is 367 g/mol. The minimum atomic E-state index is -0.0867. The van der Waals surface area contributed by atoms with Gasteiger partial charge in [-0.2, -0.15) is 0 Å². The van der Waals surface area contributed by atoms with E-state index in [1.54, 1.807) is 18.2 Å². The molecule has 106 valence electrons. The number of benzene rings is 1. The molecule has 2 nitrogen and oxygen atoms in total. The van der Waals surface area contributed by atoms with Gasteiger partial charge in [-0.3, -0.25) is 4.79 Å². The van der Waals surface area contributed by atoms with Gasteiger partial charge in [0.1, 0.15) is 0 Å². The molecule has 0 aliphatic carbocycles. The van der Waals surface area contributed by atoms with Crippen molar-refractivity contribution in [3.8, 4) is 0 Å². The van der Waals surface area contributed by atoms with Crippen LogP contribution in [0.1, 0.15) is 37.0 Å². The molecule has 0 aliphatic heterocycles. The molecule has 1 amide bonds. The van der Waals surface area contributed by atoms with Gasteiger partial charge in [-0.1, -0.05) is 25.4 Å². The van der Waals surface area contributed by atoms with E-state index in [0.29, 0.717) is 23.0 Å². The van der Waals surface area contributed by atoms with Gasteiger partial charge in [0.25, 0.3) is 5.91 Å². The minimum absolute atomic E-state index is 0.0498. The van der Waals surface area contributed by atoms with Crippen LogP contribution in [0.15, 0.2) is 22.7 Å². The molecule has 1 aromatic rings. The first-order valence-electron chi connectivity index (χ1n) is 6.15. The first-order chi connectivity index (χ1) is 8.85. The summed E-state index contributed by atoms with van der Waals surface area (Å²) < 4.78 is 0.725. The van der Waals surface area contributed by atoms with Crippen molar-refractivity contribution in [2.45, 2.75) is 26.7 Å². The summed E-state index contributed by atoms with van der Waals surface area (Å²) in [5.74, 6) is 0.568. The van der Waals surface area contributed by atoms with Crippen LogP contribution in [0.3, 0.4) is 0 Å². The standard InChI is InChI=1S/C14H18BrCl2NO/c1-14(2,6-3-7-16)9-18-13(19)10-4-5-12(17)11(15)8-10/h4-5,8H,3,6-7,9H2,1-2H3,(H,18,19). The third-order valence-corrected chi connectivity index (χ3v) is 4.38. The molecule has 1 aromatic carbocycles. The summed E-state index contributed by atoms with van der Waals surface area (Å²) in [7, 11) is 0. The van der Waals surface area contributed by atoms with Crippen LogP contribution in [0.25, 0.3) is 0 Å². The van der Waals surface area contributed by atoms with E-state index in [2.05, 4.69) is 35.1 Å². The minimum Gasteiger partial charge on any atom is -0.352 e. The Morgan fingerprint density at radius 1 is 1.42 bits per heavy atom. The molecule has 0 saturated heterocycles. The van der Waals surface area contributed by atoms with Gasteiger partial charge in [-0.25, -0.2) is 0 Å². The van der Waals surface area contributed by atoms with Crippen LogP contribution >= 0.6 is 39.1 Å². The van der Waals surface area contributed by atoms with E-state index in [0.717, 1.165) is 17.3 Å². The van der Waals surface area contributed by atoms with Gasteiger partial charge in [-0.15, -0.1) is 11.6 Å². The average Bonchev–Trinajstić information content (AvgIpc) is 2.37. The molecule has 0 aliphatic rings. The molecule has 0 radical (unpaired) electrons. The van der Waals surface area contributed by atoms with E-state index in [4.69, 9.17) is 23.2 Å². The lowest BCUT2D eigenvalue weighted by Crippen LogP contribution is -2.34. The molecule has 0 atom stereocenters. The van der Waals surface area contributed by atoms with Crippen molar-refractivity contribution in [1.82, 2.24) is 5.32 Å². The van der Waals surface area contributed by atoms with Gasteiger partial charge in [0.15, 0.2) is 0 Å². The fraction of sp³-hybridized carbons (Fsp3) is 0.500. The molecule has 1 N–H and O–H groups in total. The van der Waals surface area contributed by atoms with E-state index < -0.39 is 0 Å². The van der Waals surface area contributed by atoms with Crippen LogP contribution < -0.4 is 5.32 Å². The number of alkyl halides is 1. The summed E-state index contributed by atoms with van der Waals surface area (Å²) >= 11 is 14.9. The van der Waals surface area contributed by atoms with E-state index in [9.17, 15) is 4.79 Å². The Kier molecular flexibility index (Phi) is 6.64. The number of hydrogen-bond acceptors (Lipinski definition) is 1. The third kappa shape index (κ3) is 5.72. The SMILES string of the molecule is CC(C)(CCCCl)CNC(=O)c1ccc(Cl)c(Br)c1. The van der Waals surface area contributed by atoms with Crippen molar-refractivity contribution >= 4 is 45.0 Å². The summed E-state index contributed by atoms with van der Waals surface area (Å²) in [6.07, 6.45) is 1.94. The Hall–Kier alpha value is -0.250. The highest BCUT2D eigenvalue weighted by atomic mass is 79.9. The van der Waals surface area contributed by atoms with Crippen LogP contribution in [-0.4, -0.2) is 18.3 Å². The maximum Gasteiger partial charge on any atom is 0.251 e. The maximum atomic E-state index is 12.0. The number of amides is 1. The van der Waals surface area contributed by atoms with Crippen molar-refractivity contribution < 1.29 is 4.79 Å². The van der Waals surface area contributed by atoms with Crippen molar-refractivity contribution in [2.24, 2.45) is 5.41 Å². The second kappa shape index (κ2) is 7.51. The van der Waals surface area contributed by atoms with Crippen molar-refractivity contribution in [2.75, 3.05) is 12.4 Å². The van der Waals surface area contributed by atoms with Crippen molar-refractivity contribution in [1.29, 1.82) is 0 Å². The highest BCUT2D eigenvalue weighted by Crippen LogP contribution is 2.24. The van der Waals surface area contributed by atoms with Crippen LogP contribution in [0.4, 0.5) is 0 Å². The molecule has 0 spiro atoms. The van der Waals surface area contributed by atoms with Gasteiger partial charge in [0, 0.05) is 22.5 Å². The quantitative estimate of drug-likeness (QED) is 0.714. The molecular formula is C14H18BrCl2NO. The smallest absolute Gasteiger partial charge is 0.251 e. The first-order valence-corrected chi connectivity index (χ1v) is 7.85. The number of halogens is 3. The largest absolute Gasteiger partial charge is 0.352 e. The van der Waals surface area contributed by atoms with Gasteiger partial charge < -0.3 is 5.32 Å². The molecule has 1 rings (SSSR count).